The third kappa shape index (κ3) is 3.10. The van der Waals surface area contributed by atoms with Gasteiger partial charge in [-0.1, -0.05) is 11.6 Å². The van der Waals surface area contributed by atoms with E-state index in [9.17, 15) is 4.79 Å². The van der Waals surface area contributed by atoms with Gasteiger partial charge in [-0.2, -0.15) is 0 Å². The molecule has 4 nitrogen and oxygen atoms in total. The highest BCUT2D eigenvalue weighted by Crippen LogP contribution is 2.25. The summed E-state index contributed by atoms with van der Waals surface area (Å²) in [7, 11) is 0. The number of nitrogens with one attached hydrogen (secondary N) is 2. The van der Waals surface area contributed by atoms with Gasteiger partial charge in [-0.3, -0.25) is 4.79 Å². The average Bonchev–Trinajstić information content (AvgIpc) is 2.28. The largest absolute Gasteiger partial charge is 0.338 e. The van der Waals surface area contributed by atoms with Crippen molar-refractivity contribution >= 4 is 68.3 Å². The Bertz CT molecular complexity index is 615. The highest BCUT2D eigenvalue weighted by Gasteiger charge is 2.07. The van der Waals surface area contributed by atoms with Crippen LogP contribution in [-0.4, -0.2) is 9.97 Å². The van der Waals surface area contributed by atoms with E-state index in [4.69, 9.17) is 11.6 Å². The number of aromatic amines is 1. The molecule has 0 atom stereocenters. The van der Waals surface area contributed by atoms with Gasteiger partial charge in [0.05, 0.1) is 12.0 Å². The summed E-state index contributed by atoms with van der Waals surface area (Å²) in [5.74, 6) is 0.537. The van der Waals surface area contributed by atoms with Crippen molar-refractivity contribution in [1.29, 1.82) is 0 Å². The molecule has 0 aliphatic carbocycles. The van der Waals surface area contributed by atoms with Gasteiger partial charge in [-0.25, -0.2) is 4.98 Å². The molecule has 0 fully saturated rings. The van der Waals surface area contributed by atoms with Gasteiger partial charge in [0, 0.05) is 8.59 Å². The smallest absolute Gasteiger partial charge is 0.266 e. The van der Waals surface area contributed by atoms with E-state index in [0.29, 0.717) is 14.4 Å². The zero-order valence-electron chi connectivity index (χ0n) is 8.30. The van der Waals surface area contributed by atoms with Crippen molar-refractivity contribution in [2.45, 2.75) is 0 Å². The Hall–Kier alpha value is -0.350. The van der Waals surface area contributed by atoms with Gasteiger partial charge in [0.25, 0.3) is 5.56 Å². The van der Waals surface area contributed by atoms with Gasteiger partial charge in [0.2, 0.25) is 0 Å². The van der Waals surface area contributed by atoms with Gasteiger partial charge in [0.1, 0.15) is 3.57 Å². The first kappa shape index (κ1) is 13.1. The summed E-state index contributed by atoms with van der Waals surface area (Å²) in [6.07, 6.45) is 1.37. The molecule has 0 amide bonds. The van der Waals surface area contributed by atoms with Crippen LogP contribution in [0.1, 0.15) is 0 Å². The Morgan fingerprint density at radius 2 is 2.12 bits per heavy atom. The third-order valence-electron chi connectivity index (χ3n) is 1.98. The molecule has 0 aliphatic heterocycles. The number of H-pyrrole nitrogens is 1. The standard InChI is InChI=1S/C10H6ClI2N3O/c11-5-1-2-7(6(12)3-5)16-9-8(13)10(17)15-4-14-9/h1-4H,(H2,14,15,16,17). The molecule has 0 unspecified atom stereocenters. The number of rotatable bonds is 2. The second-order valence-electron chi connectivity index (χ2n) is 3.14. The van der Waals surface area contributed by atoms with Crippen LogP contribution in [0.25, 0.3) is 0 Å². The molecule has 88 valence electrons. The molecule has 2 rings (SSSR count). The van der Waals surface area contributed by atoms with Crippen molar-refractivity contribution in [3.8, 4) is 0 Å². The molecule has 0 aliphatic rings. The second-order valence-corrected chi connectivity index (χ2v) is 5.82. The predicted octanol–water partition coefficient (Wildman–Crippen LogP) is 3.38. The third-order valence-corrected chi connectivity index (χ3v) is 4.11. The lowest BCUT2D eigenvalue weighted by molar-refractivity contribution is 1.10. The minimum Gasteiger partial charge on any atom is -0.338 e. The minimum atomic E-state index is -0.160. The lowest BCUT2D eigenvalue weighted by atomic mass is 10.3. The van der Waals surface area contributed by atoms with E-state index in [1.165, 1.54) is 6.33 Å². The SMILES string of the molecule is O=c1[nH]cnc(Nc2ccc(Cl)cc2I)c1I. The molecule has 1 aromatic heterocycles. The Morgan fingerprint density at radius 3 is 2.82 bits per heavy atom. The first-order valence-corrected chi connectivity index (χ1v) is 7.07. The maximum atomic E-state index is 11.4. The quantitative estimate of drug-likeness (QED) is 0.658. The van der Waals surface area contributed by atoms with Crippen LogP contribution in [0.5, 0.6) is 0 Å². The topological polar surface area (TPSA) is 57.8 Å². The van der Waals surface area contributed by atoms with Crippen molar-refractivity contribution in [3.63, 3.8) is 0 Å². The molecule has 0 saturated carbocycles. The first-order chi connectivity index (χ1) is 8.08. The van der Waals surface area contributed by atoms with Crippen molar-refractivity contribution in [1.82, 2.24) is 9.97 Å². The van der Waals surface area contributed by atoms with Crippen molar-refractivity contribution in [2.75, 3.05) is 5.32 Å². The van der Waals surface area contributed by atoms with Crippen molar-refractivity contribution in [3.05, 3.63) is 47.0 Å². The number of benzene rings is 1. The highest BCUT2D eigenvalue weighted by atomic mass is 127. The lowest BCUT2D eigenvalue weighted by Crippen LogP contribution is -2.13. The normalized spacial score (nSPS) is 10.3. The number of aromatic nitrogens is 2. The molecular weight excluding hydrogens is 467 g/mol. The predicted molar refractivity (Wildman–Crippen MR) is 85.0 cm³/mol. The molecular formula is C10H6ClI2N3O. The number of halogens is 3. The molecule has 7 heteroatoms. The van der Waals surface area contributed by atoms with E-state index >= 15 is 0 Å². The maximum absolute atomic E-state index is 11.4. The average molecular weight is 473 g/mol. The van der Waals surface area contributed by atoms with Crippen LogP contribution >= 0.6 is 56.8 Å². The molecule has 2 N–H and O–H groups in total. The van der Waals surface area contributed by atoms with Crippen molar-refractivity contribution < 1.29 is 0 Å². The van der Waals surface area contributed by atoms with E-state index < -0.39 is 0 Å². The van der Waals surface area contributed by atoms with Gasteiger partial charge < -0.3 is 10.3 Å². The van der Waals surface area contributed by atoms with Crippen LogP contribution < -0.4 is 10.9 Å². The van der Waals surface area contributed by atoms with Crippen LogP contribution in [-0.2, 0) is 0 Å². The van der Waals surface area contributed by atoms with E-state index in [0.717, 1.165) is 9.26 Å². The fourth-order valence-corrected chi connectivity index (χ4v) is 2.62. The zero-order valence-corrected chi connectivity index (χ0v) is 13.4. The summed E-state index contributed by atoms with van der Waals surface area (Å²) >= 11 is 9.99. The van der Waals surface area contributed by atoms with Crippen LogP contribution in [0.15, 0.2) is 29.3 Å². The van der Waals surface area contributed by atoms with Gasteiger partial charge in [0.15, 0.2) is 5.82 Å². The number of nitrogens with zero attached hydrogens (tertiary/aromatic N) is 1. The van der Waals surface area contributed by atoms with E-state index in [1.54, 1.807) is 6.07 Å². The fourth-order valence-electron chi connectivity index (χ4n) is 1.19. The van der Waals surface area contributed by atoms with Crippen LogP contribution in [0.2, 0.25) is 5.02 Å². The summed E-state index contributed by atoms with van der Waals surface area (Å²) in [5.41, 5.74) is 0.707. The molecule has 0 saturated heterocycles. The molecule has 17 heavy (non-hydrogen) atoms. The van der Waals surface area contributed by atoms with Crippen LogP contribution in [0.4, 0.5) is 11.5 Å². The van der Waals surface area contributed by atoms with Gasteiger partial charge in [-0.15, -0.1) is 0 Å². The summed E-state index contributed by atoms with van der Waals surface area (Å²) in [5, 5.41) is 3.78. The Kier molecular flexibility index (Phi) is 4.26. The van der Waals surface area contributed by atoms with E-state index in [-0.39, 0.29) is 5.56 Å². The molecule has 2 aromatic rings. The zero-order chi connectivity index (χ0) is 12.4. The molecule has 0 spiro atoms. The van der Waals surface area contributed by atoms with E-state index in [1.807, 2.05) is 34.7 Å². The van der Waals surface area contributed by atoms with E-state index in [2.05, 4.69) is 37.9 Å². The Balaban J connectivity index is 2.38. The minimum absolute atomic E-state index is 0.160. The molecule has 0 bridgehead atoms. The highest BCUT2D eigenvalue weighted by molar-refractivity contribution is 14.1. The van der Waals surface area contributed by atoms with Crippen molar-refractivity contribution in [2.24, 2.45) is 0 Å². The first-order valence-electron chi connectivity index (χ1n) is 4.53. The molecule has 0 radical (unpaired) electrons. The summed E-state index contributed by atoms with van der Waals surface area (Å²) in [4.78, 5) is 18.0. The second kappa shape index (κ2) is 5.53. The Morgan fingerprint density at radius 1 is 1.35 bits per heavy atom. The summed E-state index contributed by atoms with van der Waals surface area (Å²) in [6, 6.07) is 5.47. The molecule has 1 heterocycles. The lowest BCUT2D eigenvalue weighted by Gasteiger charge is -2.08. The number of anilines is 2. The monoisotopic (exact) mass is 473 g/mol. The summed E-state index contributed by atoms with van der Waals surface area (Å²) < 4.78 is 1.49. The maximum Gasteiger partial charge on any atom is 0.266 e. The van der Waals surface area contributed by atoms with Gasteiger partial charge in [-0.05, 0) is 63.4 Å². The number of hydrogen-bond acceptors (Lipinski definition) is 3. The van der Waals surface area contributed by atoms with Gasteiger partial charge >= 0.3 is 0 Å². The Labute approximate surface area is 129 Å². The van der Waals surface area contributed by atoms with Crippen LogP contribution in [0.3, 0.4) is 0 Å². The summed E-state index contributed by atoms with van der Waals surface area (Å²) in [6.45, 7) is 0. The fraction of sp³-hybridized carbons (Fsp3) is 0. The number of hydrogen-bond donors (Lipinski definition) is 2. The molecule has 1 aromatic carbocycles. The van der Waals surface area contributed by atoms with Crippen LogP contribution in [0, 0.1) is 7.14 Å².